The van der Waals surface area contributed by atoms with Crippen molar-refractivity contribution in [2.24, 2.45) is 5.10 Å². The highest BCUT2D eigenvalue weighted by atomic mass is 32.2. The van der Waals surface area contributed by atoms with Gasteiger partial charge in [-0.3, -0.25) is 4.79 Å². The van der Waals surface area contributed by atoms with Gasteiger partial charge in [-0.25, -0.2) is 10.4 Å². The number of nitrogens with zero attached hydrogens (tertiary/aromatic N) is 4. The molecule has 33 heavy (non-hydrogen) atoms. The summed E-state index contributed by atoms with van der Waals surface area (Å²) in [6.45, 7) is 5.96. The van der Waals surface area contributed by atoms with Crippen molar-refractivity contribution < 1.29 is 4.79 Å². The Morgan fingerprint density at radius 1 is 0.939 bits per heavy atom. The molecule has 0 aliphatic carbocycles. The fraction of sp³-hybridized carbons (Fsp3) is 0.192. The van der Waals surface area contributed by atoms with Gasteiger partial charge in [-0.2, -0.15) is 5.10 Å². The standard InChI is InChI=1S/C26H25N5OS/c1-3-30-22-11-7-5-9-19(22)20-15-18(13-14-23(20)30)16-27-29-25(32)17-33-26-28-21-10-6-8-12-24(21)31(26)4-2/h5-16H,3-4,17H2,1-2H3,(H,29,32)/b27-16+. The Kier molecular flexibility index (Phi) is 5.88. The van der Waals surface area contributed by atoms with Crippen molar-refractivity contribution in [2.45, 2.75) is 32.1 Å². The van der Waals surface area contributed by atoms with Gasteiger partial charge in [0.15, 0.2) is 5.16 Å². The Bertz CT molecular complexity index is 1500. The Hall–Kier alpha value is -3.58. The smallest absolute Gasteiger partial charge is 0.250 e. The average molecular weight is 456 g/mol. The SMILES string of the molecule is CCn1c(SCC(=O)N/N=C/c2ccc3c(c2)c2ccccc2n3CC)nc2ccccc21. The number of carbonyl (C=O) groups excluding carboxylic acids is 1. The van der Waals surface area contributed by atoms with Crippen LogP contribution in [0.5, 0.6) is 0 Å². The minimum atomic E-state index is -0.158. The highest BCUT2D eigenvalue weighted by molar-refractivity contribution is 7.99. The summed E-state index contributed by atoms with van der Waals surface area (Å²) in [6, 6.07) is 22.7. The maximum absolute atomic E-state index is 12.4. The minimum absolute atomic E-state index is 0.158. The number of benzene rings is 3. The second-order valence-corrected chi connectivity index (χ2v) is 8.69. The molecule has 0 atom stereocenters. The lowest BCUT2D eigenvalue weighted by atomic mass is 10.1. The molecule has 166 valence electrons. The fourth-order valence-corrected chi connectivity index (χ4v) is 5.17. The summed E-state index contributed by atoms with van der Waals surface area (Å²) < 4.78 is 4.44. The summed E-state index contributed by atoms with van der Waals surface area (Å²) in [6.07, 6.45) is 1.70. The zero-order valence-corrected chi connectivity index (χ0v) is 19.5. The van der Waals surface area contributed by atoms with Crippen molar-refractivity contribution in [3.8, 4) is 0 Å². The number of hydrogen-bond donors (Lipinski definition) is 1. The molecule has 0 aliphatic heterocycles. The molecule has 2 heterocycles. The molecule has 0 unspecified atom stereocenters. The molecule has 0 radical (unpaired) electrons. The highest BCUT2D eigenvalue weighted by Crippen LogP contribution is 2.29. The summed E-state index contributed by atoms with van der Waals surface area (Å²) >= 11 is 1.42. The molecule has 0 aliphatic rings. The number of aryl methyl sites for hydroxylation is 2. The van der Waals surface area contributed by atoms with E-state index in [0.29, 0.717) is 0 Å². The third-order valence-corrected chi connectivity index (χ3v) is 6.76. The van der Waals surface area contributed by atoms with E-state index in [9.17, 15) is 4.79 Å². The van der Waals surface area contributed by atoms with Crippen LogP contribution < -0.4 is 5.43 Å². The van der Waals surface area contributed by atoms with E-state index in [4.69, 9.17) is 0 Å². The van der Waals surface area contributed by atoms with Crippen LogP contribution in [0.3, 0.4) is 0 Å². The first-order valence-corrected chi connectivity index (χ1v) is 12.1. The minimum Gasteiger partial charge on any atom is -0.341 e. The Labute approximate surface area is 196 Å². The molecule has 3 aromatic carbocycles. The maximum Gasteiger partial charge on any atom is 0.250 e. The van der Waals surface area contributed by atoms with Crippen LogP contribution in [-0.2, 0) is 17.9 Å². The molecule has 0 fully saturated rings. The lowest BCUT2D eigenvalue weighted by Gasteiger charge is -2.05. The number of thioether (sulfide) groups is 1. The topological polar surface area (TPSA) is 64.2 Å². The number of hydrazone groups is 1. The van der Waals surface area contributed by atoms with Crippen LogP contribution in [0, 0.1) is 0 Å². The Morgan fingerprint density at radius 2 is 1.67 bits per heavy atom. The molecule has 2 aromatic heterocycles. The van der Waals surface area contributed by atoms with Crippen molar-refractivity contribution in [3.63, 3.8) is 0 Å². The van der Waals surface area contributed by atoms with Gasteiger partial charge in [-0.1, -0.05) is 48.2 Å². The van der Waals surface area contributed by atoms with Gasteiger partial charge in [-0.15, -0.1) is 0 Å². The fourth-order valence-electron chi connectivity index (χ4n) is 4.30. The lowest BCUT2D eigenvalue weighted by Crippen LogP contribution is -2.20. The van der Waals surface area contributed by atoms with Gasteiger partial charge in [0.25, 0.3) is 5.91 Å². The molecule has 5 rings (SSSR count). The molecule has 7 heteroatoms. The van der Waals surface area contributed by atoms with Crippen molar-refractivity contribution in [2.75, 3.05) is 5.75 Å². The van der Waals surface area contributed by atoms with Crippen LogP contribution in [0.15, 0.2) is 77.0 Å². The first-order chi connectivity index (χ1) is 16.2. The van der Waals surface area contributed by atoms with E-state index in [0.717, 1.165) is 34.8 Å². The van der Waals surface area contributed by atoms with Gasteiger partial charge in [-0.05, 0) is 49.7 Å². The van der Waals surface area contributed by atoms with E-state index in [2.05, 4.69) is 81.0 Å². The van der Waals surface area contributed by atoms with Crippen molar-refractivity contribution in [1.29, 1.82) is 0 Å². The molecule has 0 bridgehead atoms. The van der Waals surface area contributed by atoms with Gasteiger partial charge < -0.3 is 9.13 Å². The van der Waals surface area contributed by atoms with E-state index in [1.54, 1.807) is 6.21 Å². The maximum atomic E-state index is 12.4. The Balaban J connectivity index is 1.28. The molecule has 5 aromatic rings. The van der Waals surface area contributed by atoms with Crippen LogP contribution >= 0.6 is 11.8 Å². The van der Waals surface area contributed by atoms with Gasteiger partial charge in [0.1, 0.15) is 0 Å². The Morgan fingerprint density at radius 3 is 2.48 bits per heavy atom. The predicted molar refractivity (Wildman–Crippen MR) is 137 cm³/mol. The number of nitrogens with one attached hydrogen (secondary N) is 1. The number of rotatable bonds is 7. The quantitative estimate of drug-likeness (QED) is 0.202. The van der Waals surface area contributed by atoms with Crippen LogP contribution in [0.25, 0.3) is 32.8 Å². The second kappa shape index (κ2) is 9.11. The van der Waals surface area contributed by atoms with E-state index in [1.807, 2.05) is 24.3 Å². The van der Waals surface area contributed by atoms with Crippen LogP contribution in [0.4, 0.5) is 0 Å². The molecule has 0 saturated carbocycles. The molecule has 0 saturated heterocycles. The van der Waals surface area contributed by atoms with E-state index in [-0.39, 0.29) is 11.7 Å². The number of hydrogen-bond acceptors (Lipinski definition) is 4. The summed E-state index contributed by atoms with van der Waals surface area (Å²) in [4.78, 5) is 17.0. The van der Waals surface area contributed by atoms with E-state index in [1.165, 1.54) is 33.6 Å². The normalized spacial score (nSPS) is 11.8. The summed E-state index contributed by atoms with van der Waals surface area (Å²) in [5.74, 6) is 0.0959. The van der Waals surface area contributed by atoms with Gasteiger partial charge in [0.2, 0.25) is 0 Å². The van der Waals surface area contributed by atoms with Gasteiger partial charge >= 0.3 is 0 Å². The first kappa shape index (κ1) is 21.3. The molecular formula is C26H25N5OS. The summed E-state index contributed by atoms with van der Waals surface area (Å²) in [7, 11) is 0. The van der Waals surface area contributed by atoms with E-state index < -0.39 is 0 Å². The average Bonchev–Trinajstić information content (AvgIpc) is 3.37. The van der Waals surface area contributed by atoms with Crippen molar-refractivity contribution in [1.82, 2.24) is 19.5 Å². The van der Waals surface area contributed by atoms with Crippen LogP contribution in [0.2, 0.25) is 0 Å². The number of amides is 1. The lowest BCUT2D eigenvalue weighted by molar-refractivity contribution is -0.118. The van der Waals surface area contributed by atoms with Crippen LogP contribution in [0.1, 0.15) is 19.4 Å². The third-order valence-electron chi connectivity index (χ3n) is 5.78. The number of imidazole rings is 1. The number of para-hydroxylation sites is 3. The third kappa shape index (κ3) is 4.00. The molecular weight excluding hydrogens is 430 g/mol. The monoisotopic (exact) mass is 455 g/mol. The van der Waals surface area contributed by atoms with Crippen molar-refractivity contribution >= 4 is 56.7 Å². The van der Waals surface area contributed by atoms with Gasteiger partial charge in [0.05, 0.1) is 23.0 Å². The second-order valence-electron chi connectivity index (χ2n) is 7.75. The van der Waals surface area contributed by atoms with Gasteiger partial charge in [0, 0.05) is 34.9 Å². The summed E-state index contributed by atoms with van der Waals surface area (Å²) in [5.41, 5.74) is 8.05. The molecule has 6 nitrogen and oxygen atoms in total. The van der Waals surface area contributed by atoms with Crippen molar-refractivity contribution in [3.05, 3.63) is 72.3 Å². The van der Waals surface area contributed by atoms with E-state index >= 15 is 0 Å². The number of aromatic nitrogens is 3. The largest absolute Gasteiger partial charge is 0.341 e. The highest BCUT2D eigenvalue weighted by Gasteiger charge is 2.12. The summed E-state index contributed by atoms with van der Waals surface area (Å²) in [5, 5.41) is 7.44. The number of fused-ring (bicyclic) bond motifs is 4. The first-order valence-electron chi connectivity index (χ1n) is 11.1. The zero-order chi connectivity index (χ0) is 22.8. The van der Waals surface area contributed by atoms with Crippen LogP contribution in [-0.4, -0.2) is 32.0 Å². The predicted octanol–water partition coefficient (Wildman–Crippen LogP) is 5.43. The molecule has 1 N–H and O–H groups in total. The molecule has 1 amide bonds. The zero-order valence-electron chi connectivity index (χ0n) is 18.7. The molecule has 0 spiro atoms. The number of carbonyl (C=O) groups is 1.